The van der Waals surface area contributed by atoms with Crippen LogP contribution in [0.25, 0.3) is 5.57 Å². The second kappa shape index (κ2) is 9.07. The van der Waals surface area contributed by atoms with Crippen LogP contribution in [-0.2, 0) is 9.53 Å². The zero-order chi connectivity index (χ0) is 20.1. The Morgan fingerprint density at radius 1 is 1.17 bits per heavy atom. The first kappa shape index (κ1) is 19.4. The smallest absolute Gasteiger partial charge is 0.257 e. The van der Waals surface area contributed by atoms with Crippen molar-refractivity contribution in [1.82, 2.24) is 4.90 Å². The number of hydrogen-bond donors (Lipinski definition) is 3. The van der Waals surface area contributed by atoms with E-state index in [4.69, 9.17) is 4.74 Å². The average Bonchev–Trinajstić information content (AvgIpc) is 3.06. The number of anilines is 3. The Hall–Kier alpha value is -2.90. The predicted molar refractivity (Wildman–Crippen MR) is 113 cm³/mol. The molecule has 1 fully saturated rings. The van der Waals surface area contributed by atoms with Gasteiger partial charge in [-0.1, -0.05) is 18.2 Å². The highest BCUT2D eigenvalue weighted by Gasteiger charge is 2.23. The van der Waals surface area contributed by atoms with E-state index >= 15 is 0 Å². The molecule has 1 amide bonds. The normalized spacial score (nSPS) is 17.8. The number of para-hydroxylation sites is 1. The first-order chi connectivity index (χ1) is 14.2. The van der Waals surface area contributed by atoms with Crippen molar-refractivity contribution in [3.05, 3.63) is 60.0 Å². The van der Waals surface area contributed by atoms with Gasteiger partial charge >= 0.3 is 0 Å². The lowest BCUT2D eigenvalue weighted by Crippen LogP contribution is -2.37. The van der Waals surface area contributed by atoms with Crippen molar-refractivity contribution in [2.75, 3.05) is 55.3 Å². The van der Waals surface area contributed by atoms with Crippen LogP contribution in [0, 0.1) is 5.82 Å². The van der Waals surface area contributed by atoms with Crippen LogP contribution in [0.3, 0.4) is 0 Å². The summed E-state index contributed by atoms with van der Waals surface area (Å²) >= 11 is 0. The molecule has 6 nitrogen and oxygen atoms in total. The van der Waals surface area contributed by atoms with Gasteiger partial charge in [0.15, 0.2) is 0 Å². The maximum Gasteiger partial charge on any atom is 0.257 e. The highest BCUT2D eigenvalue weighted by atomic mass is 19.1. The number of morpholine rings is 1. The van der Waals surface area contributed by atoms with Crippen molar-refractivity contribution < 1.29 is 13.9 Å². The number of carbonyl (C=O) groups is 1. The van der Waals surface area contributed by atoms with Crippen LogP contribution in [0.1, 0.15) is 12.0 Å². The summed E-state index contributed by atoms with van der Waals surface area (Å²) in [6.45, 7) is 5.20. The van der Waals surface area contributed by atoms with E-state index < -0.39 is 0 Å². The molecular weight excluding hydrogens is 371 g/mol. The van der Waals surface area contributed by atoms with Gasteiger partial charge < -0.3 is 20.7 Å². The van der Waals surface area contributed by atoms with Gasteiger partial charge in [0.25, 0.3) is 5.91 Å². The average molecular weight is 396 g/mol. The first-order valence-electron chi connectivity index (χ1n) is 9.92. The lowest BCUT2D eigenvalue weighted by atomic mass is 10.1. The summed E-state index contributed by atoms with van der Waals surface area (Å²) in [5.41, 5.74) is 3.23. The van der Waals surface area contributed by atoms with Gasteiger partial charge in [0.05, 0.1) is 24.5 Å². The summed E-state index contributed by atoms with van der Waals surface area (Å²) in [5, 5.41) is 9.00. The van der Waals surface area contributed by atoms with Crippen molar-refractivity contribution >= 4 is 28.5 Å². The van der Waals surface area contributed by atoms with E-state index in [2.05, 4.69) is 20.9 Å². The summed E-state index contributed by atoms with van der Waals surface area (Å²) in [7, 11) is 0. The molecule has 0 spiro atoms. The number of hydrogen-bond acceptors (Lipinski definition) is 5. The maximum atomic E-state index is 14.4. The molecule has 1 saturated heterocycles. The predicted octanol–water partition coefficient (Wildman–Crippen LogP) is 3.37. The number of rotatable bonds is 7. The fraction of sp³-hybridized carbons (Fsp3) is 0.318. The first-order valence-corrected chi connectivity index (χ1v) is 9.92. The van der Waals surface area contributed by atoms with E-state index in [0.29, 0.717) is 23.5 Å². The van der Waals surface area contributed by atoms with Crippen molar-refractivity contribution in [1.29, 1.82) is 0 Å². The zero-order valence-electron chi connectivity index (χ0n) is 16.2. The number of amides is 1. The molecule has 0 saturated carbocycles. The molecule has 2 heterocycles. The van der Waals surface area contributed by atoms with Gasteiger partial charge in [0, 0.05) is 42.8 Å². The highest BCUT2D eigenvalue weighted by molar-refractivity contribution is 6.31. The minimum Gasteiger partial charge on any atom is -0.383 e. The maximum absolute atomic E-state index is 14.4. The van der Waals surface area contributed by atoms with E-state index in [1.807, 2.05) is 24.3 Å². The Kier molecular flexibility index (Phi) is 6.07. The van der Waals surface area contributed by atoms with Gasteiger partial charge in [0.1, 0.15) is 5.82 Å². The van der Waals surface area contributed by atoms with Crippen molar-refractivity contribution in [3.8, 4) is 0 Å². The molecule has 0 aliphatic carbocycles. The molecule has 2 aliphatic heterocycles. The fourth-order valence-corrected chi connectivity index (χ4v) is 3.54. The second-order valence-corrected chi connectivity index (χ2v) is 7.13. The Morgan fingerprint density at radius 2 is 2.00 bits per heavy atom. The molecule has 2 aromatic rings. The van der Waals surface area contributed by atoms with E-state index in [1.54, 1.807) is 18.3 Å². The number of ether oxygens (including phenoxy) is 1. The SMILES string of the molecule is O=C1Nc2ccccc2/C1=C/Nc1ccc(NCCCN2CCOCC2)c(F)c1. The van der Waals surface area contributed by atoms with Crippen LogP contribution in [0.4, 0.5) is 21.5 Å². The van der Waals surface area contributed by atoms with E-state index in [9.17, 15) is 9.18 Å². The Bertz CT molecular complexity index is 909. The topological polar surface area (TPSA) is 65.6 Å². The molecule has 2 aliphatic rings. The molecule has 4 rings (SSSR count). The van der Waals surface area contributed by atoms with Gasteiger partial charge in [-0.2, -0.15) is 0 Å². The Morgan fingerprint density at radius 3 is 2.83 bits per heavy atom. The number of nitrogens with one attached hydrogen (secondary N) is 3. The van der Waals surface area contributed by atoms with Crippen LogP contribution in [0.5, 0.6) is 0 Å². The van der Waals surface area contributed by atoms with Gasteiger partial charge in [-0.25, -0.2) is 4.39 Å². The molecule has 7 heteroatoms. The number of halogens is 1. The van der Waals surface area contributed by atoms with Crippen LogP contribution < -0.4 is 16.0 Å². The summed E-state index contributed by atoms with van der Waals surface area (Å²) < 4.78 is 19.8. The third-order valence-corrected chi connectivity index (χ3v) is 5.13. The molecule has 0 atom stereocenters. The summed E-state index contributed by atoms with van der Waals surface area (Å²) in [6.07, 6.45) is 2.56. The number of benzene rings is 2. The van der Waals surface area contributed by atoms with Crippen LogP contribution in [0.2, 0.25) is 0 Å². The fourth-order valence-electron chi connectivity index (χ4n) is 3.54. The largest absolute Gasteiger partial charge is 0.383 e. The molecule has 0 bridgehead atoms. The lowest BCUT2D eigenvalue weighted by Gasteiger charge is -2.26. The number of carbonyl (C=O) groups excluding carboxylic acids is 1. The Labute approximate surface area is 169 Å². The molecule has 0 aromatic heterocycles. The lowest BCUT2D eigenvalue weighted by molar-refractivity contribution is -0.110. The quantitative estimate of drug-likeness (QED) is 0.495. The molecule has 0 radical (unpaired) electrons. The van der Waals surface area contributed by atoms with Crippen LogP contribution >= 0.6 is 0 Å². The molecular formula is C22H25FN4O2. The van der Waals surface area contributed by atoms with Crippen LogP contribution in [0.15, 0.2) is 48.7 Å². The molecule has 0 unspecified atom stereocenters. The third kappa shape index (κ3) is 4.75. The number of nitrogens with zero attached hydrogens (tertiary/aromatic N) is 1. The van der Waals surface area contributed by atoms with Crippen molar-refractivity contribution in [2.45, 2.75) is 6.42 Å². The standard InChI is InChI=1S/C22H25FN4O2/c23-19-14-16(25-15-18-17-4-1-2-5-20(17)26-22(18)28)6-7-21(19)24-8-3-9-27-10-12-29-13-11-27/h1-2,4-7,14-15,24-25H,3,8-13H2,(H,26,28)/b18-15-. The Balaban J connectivity index is 1.31. The zero-order valence-corrected chi connectivity index (χ0v) is 16.2. The van der Waals surface area contributed by atoms with E-state index in [1.165, 1.54) is 6.07 Å². The summed E-state index contributed by atoms with van der Waals surface area (Å²) in [5.74, 6) is -0.492. The molecule has 3 N–H and O–H groups in total. The molecule has 152 valence electrons. The van der Waals surface area contributed by atoms with Gasteiger partial charge in [-0.05, 0) is 37.2 Å². The van der Waals surface area contributed by atoms with E-state index in [-0.39, 0.29) is 11.7 Å². The van der Waals surface area contributed by atoms with Gasteiger partial charge in [-0.15, -0.1) is 0 Å². The third-order valence-electron chi connectivity index (χ3n) is 5.13. The van der Waals surface area contributed by atoms with Gasteiger partial charge in [-0.3, -0.25) is 9.69 Å². The van der Waals surface area contributed by atoms with Gasteiger partial charge in [0.2, 0.25) is 0 Å². The van der Waals surface area contributed by atoms with Crippen LogP contribution in [-0.4, -0.2) is 50.2 Å². The van der Waals surface area contributed by atoms with Crippen molar-refractivity contribution in [3.63, 3.8) is 0 Å². The minimum absolute atomic E-state index is 0.169. The van der Waals surface area contributed by atoms with Crippen molar-refractivity contribution in [2.24, 2.45) is 0 Å². The molecule has 29 heavy (non-hydrogen) atoms. The monoisotopic (exact) mass is 396 g/mol. The minimum atomic E-state index is -0.323. The highest BCUT2D eigenvalue weighted by Crippen LogP contribution is 2.31. The summed E-state index contributed by atoms with van der Waals surface area (Å²) in [4.78, 5) is 14.5. The second-order valence-electron chi connectivity index (χ2n) is 7.13. The van der Waals surface area contributed by atoms with E-state index in [0.717, 1.165) is 50.5 Å². The molecule has 2 aromatic carbocycles. The summed E-state index contributed by atoms with van der Waals surface area (Å²) in [6, 6.07) is 12.4. The number of fused-ring (bicyclic) bond motifs is 1.